The van der Waals surface area contributed by atoms with Crippen molar-refractivity contribution in [1.82, 2.24) is 20.3 Å². The van der Waals surface area contributed by atoms with Crippen molar-refractivity contribution in [2.45, 2.75) is 13.0 Å². The Balaban J connectivity index is 1.63. The topological polar surface area (TPSA) is 112 Å². The Kier molecular flexibility index (Phi) is 4.97. The third kappa shape index (κ3) is 4.16. The average Bonchev–Trinajstić information content (AvgIpc) is 3.08. The molecule has 25 heavy (non-hydrogen) atoms. The van der Waals surface area contributed by atoms with Gasteiger partial charge in [-0.1, -0.05) is 0 Å². The Hall–Kier alpha value is -3.31. The predicted octanol–water partition coefficient (Wildman–Crippen LogP) is 2.04. The number of amides is 1. The minimum atomic E-state index is -0.148. The highest BCUT2D eigenvalue weighted by Gasteiger charge is 2.13. The number of nitriles is 1. The number of pyridine rings is 2. The molecule has 3 aromatic heterocycles. The van der Waals surface area contributed by atoms with Gasteiger partial charge in [0.2, 0.25) is 5.91 Å². The van der Waals surface area contributed by atoms with E-state index in [1.807, 2.05) is 18.2 Å². The first-order valence-electron chi connectivity index (χ1n) is 7.35. The third-order valence-corrected chi connectivity index (χ3v) is 4.23. The number of aromatic nitrogens is 3. The van der Waals surface area contributed by atoms with Crippen LogP contribution >= 0.6 is 11.3 Å². The monoisotopic (exact) mass is 351 g/mol. The summed E-state index contributed by atoms with van der Waals surface area (Å²) in [5.74, 6) is -0.257. The molecule has 7 nitrogen and oxygen atoms in total. The van der Waals surface area contributed by atoms with E-state index in [1.165, 1.54) is 23.6 Å². The van der Waals surface area contributed by atoms with Gasteiger partial charge >= 0.3 is 0 Å². The highest BCUT2D eigenvalue weighted by molar-refractivity contribution is 7.13. The number of rotatable bonds is 5. The molecule has 0 radical (unpaired) electrons. The van der Waals surface area contributed by atoms with Crippen molar-refractivity contribution in [2.75, 3.05) is 0 Å². The maximum atomic E-state index is 12.0. The largest absolute Gasteiger partial charge is 0.506 e. The molecule has 2 N–H and O–H groups in total. The molecule has 0 unspecified atom stereocenters. The van der Waals surface area contributed by atoms with Crippen LogP contribution in [0.15, 0.2) is 42.2 Å². The standard InChI is InChI=1S/C17H13N5O2S/c18-7-12-5-14(23)16(21-9-12)17-22-13(10-25-17)6-15(24)20-8-11-1-3-19-4-2-11/h1-5,9-10,23H,6,8H2,(H,20,24). The molecular weight excluding hydrogens is 338 g/mol. The molecule has 0 aliphatic rings. The molecule has 0 saturated carbocycles. The quantitative estimate of drug-likeness (QED) is 0.727. The maximum Gasteiger partial charge on any atom is 0.226 e. The molecule has 0 aliphatic carbocycles. The van der Waals surface area contributed by atoms with E-state index in [9.17, 15) is 9.90 Å². The van der Waals surface area contributed by atoms with Gasteiger partial charge in [-0.2, -0.15) is 5.26 Å². The first kappa shape index (κ1) is 16.5. The van der Waals surface area contributed by atoms with Gasteiger partial charge in [0.25, 0.3) is 0 Å². The van der Waals surface area contributed by atoms with Crippen molar-refractivity contribution < 1.29 is 9.90 Å². The second-order valence-electron chi connectivity index (χ2n) is 5.16. The maximum absolute atomic E-state index is 12.0. The zero-order valence-corrected chi connectivity index (χ0v) is 13.8. The van der Waals surface area contributed by atoms with E-state index in [-0.39, 0.29) is 23.6 Å². The second kappa shape index (κ2) is 7.51. The van der Waals surface area contributed by atoms with Crippen molar-refractivity contribution in [2.24, 2.45) is 0 Å². The molecule has 0 atom stereocenters. The fraction of sp³-hybridized carbons (Fsp3) is 0.118. The Morgan fingerprint density at radius 1 is 1.36 bits per heavy atom. The zero-order valence-electron chi connectivity index (χ0n) is 13.0. The Bertz CT molecular complexity index is 934. The summed E-state index contributed by atoms with van der Waals surface area (Å²) in [7, 11) is 0. The Morgan fingerprint density at radius 3 is 2.88 bits per heavy atom. The summed E-state index contributed by atoms with van der Waals surface area (Å²) in [4.78, 5) is 24.3. The van der Waals surface area contributed by atoms with E-state index in [2.05, 4.69) is 20.3 Å². The van der Waals surface area contributed by atoms with Gasteiger partial charge < -0.3 is 10.4 Å². The number of nitrogens with zero attached hydrogens (tertiary/aromatic N) is 4. The molecule has 124 valence electrons. The molecule has 0 saturated heterocycles. The van der Waals surface area contributed by atoms with Crippen molar-refractivity contribution in [1.29, 1.82) is 5.26 Å². The van der Waals surface area contributed by atoms with Crippen molar-refractivity contribution >= 4 is 17.2 Å². The second-order valence-corrected chi connectivity index (χ2v) is 6.01. The molecule has 0 bridgehead atoms. The molecule has 0 spiro atoms. The minimum Gasteiger partial charge on any atom is -0.506 e. The summed E-state index contributed by atoms with van der Waals surface area (Å²) in [5.41, 5.74) is 2.13. The predicted molar refractivity (Wildman–Crippen MR) is 91.5 cm³/mol. The van der Waals surface area contributed by atoms with Crippen LogP contribution in [0.1, 0.15) is 16.8 Å². The first-order valence-corrected chi connectivity index (χ1v) is 8.23. The molecule has 0 aromatic carbocycles. The number of thiazole rings is 1. The van der Waals surface area contributed by atoms with Gasteiger partial charge in [-0.3, -0.25) is 9.78 Å². The minimum absolute atomic E-state index is 0.109. The molecule has 0 fully saturated rings. The van der Waals surface area contributed by atoms with E-state index >= 15 is 0 Å². The van der Waals surface area contributed by atoms with Crippen LogP contribution in [0.3, 0.4) is 0 Å². The Labute approximate surface area is 147 Å². The summed E-state index contributed by atoms with van der Waals surface area (Å²) in [6.07, 6.45) is 4.85. The number of nitrogens with one attached hydrogen (secondary N) is 1. The van der Waals surface area contributed by atoms with E-state index in [4.69, 9.17) is 5.26 Å². The molecular formula is C17H13N5O2S. The summed E-state index contributed by atoms with van der Waals surface area (Å²) in [5, 5.41) is 23.8. The molecule has 0 aliphatic heterocycles. The van der Waals surface area contributed by atoms with Crippen LogP contribution in [0, 0.1) is 11.3 Å². The van der Waals surface area contributed by atoms with Gasteiger partial charge in [-0.05, 0) is 17.7 Å². The number of carbonyl (C=O) groups excluding carboxylic acids is 1. The fourth-order valence-corrected chi connectivity index (χ4v) is 2.93. The first-order chi connectivity index (χ1) is 12.2. The lowest BCUT2D eigenvalue weighted by atomic mass is 10.2. The summed E-state index contributed by atoms with van der Waals surface area (Å²) < 4.78 is 0. The van der Waals surface area contributed by atoms with Crippen LogP contribution in [0.25, 0.3) is 10.7 Å². The molecule has 3 aromatic rings. The van der Waals surface area contributed by atoms with Gasteiger partial charge in [0, 0.05) is 36.6 Å². The van der Waals surface area contributed by atoms with Crippen LogP contribution < -0.4 is 5.32 Å². The van der Waals surface area contributed by atoms with E-state index in [0.717, 1.165) is 5.56 Å². The number of hydrogen-bond donors (Lipinski definition) is 2. The van der Waals surface area contributed by atoms with Crippen LogP contribution in [0.2, 0.25) is 0 Å². The normalized spacial score (nSPS) is 10.2. The van der Waals surface area contributed by atoms with Crippen LogP contribution in [0.4, 0.5) is 0 Å². The highest BCUT2D eigenvalue weighted by Crippen LogP contribution is 2.30. The van der Waals surface area contributed by atoms with Crippen molar-refractivity contribution in [3.05, 3.63) is 59.0 Å². The van der Waals surface area contributed by atoms with Crippen LogP contribution in [-0.2, 0) is 17.8 Å². The van der Waals surface area contributed by atoms with Crippen LogP contribution in [0.5, 0.6) is 5.75 Å². The van der Waals surface area contributed by atoms with Gasteiger partial charge in [-0.25, -0.2) is 9.97 Å². The summed E-state index contributed by atoms with van der Waals surface area (Å²) in [6.45, 7) is 0.427. The van der Waals surface area contributed by atoms with Gasteiger partial charge in [0.15, 0.2) is 0 Å². The number of aromatic hydroxyl groups is 1. The number of carbonyl (C=O) groups is 1. The lowest BCUT2D eigenvalue weighted by Crippen LogP contribution is -2.24. The van der Waals surface area contributed by atoms with E-state index < -0.39 is 0 Å². The average molecular weight is 351 g/mol. The van der Waals surface area contributed by atoms with E-state index in [0.29, 0.717) is 22.9 Å². The SMILES string of the molecule is N#Cc1cnc(-c2nc(CC(=O)NCc3ccncc3)cs2)c(O)c1. The molecule has 3 heterocycles. The molecule has 3 rings (SSSR count). The van der Waals surface area contributed by atoms with Gasteiger partial charge in [-0.15, -0.1) is 11.3 Å². The van der Waals surface area contributed by atoms with E-state index in [1.54, 1.807) is 17.8 Å². The van der Waals surface area contributed by atoms with Crippen molar-refractivity contribution in [3.8, 4) is 22.5 Å². The third-order valence-electron chi connectivity index (χ3n) is 3.33. The van der Waals surface area contributed by atoms with Crippen LogP contribution in [-0.4, -0.2) is 26.0 Å². The number of hydrogen-bond acceptors (Lipinski definition) is 7. The van der Waals surface area contributed by atoms with Crippen molar-refractivity contribution in [3.63, 3.8) is 0 Å². The summed E-state index contributed by atoms with van der Waals surface area (Å²) in [6, 6.07) is 6.91. The van der Waals surface area contributed by atoms with Gasteiger partial charge in [0.05, 0.1) is 17.7 Å². The molecule has 8 heteroatoms. The zero-order chi connectivity index (χ0) is 17.6. The fourth-order valence-electron chi connectivity index (χ4n) is 2.10. The smallest absolute Gasteiger partial charge is 0.226 e. The molecule has 1 amide bonds. The Morgan fingerprint density at radius 2 is 2.16 bits per heavy atom. The van der Waals surface area contributed by atoms with Gasteiger partial charge in [0.1, 0.15) is 22.5 Å². The lowest BCUT2D eigenvalue weighted by molar-refractivity contribution is -0.120. The summed E-state index contributed by atoms with van der Waals surface area (Å²) >= 11 is 1.28. The highest BCUT2D eigenvalue weighted by atomic mass is 32.1. The lowest BCUT2D eigenvalue weighted by Gasteiger charge is -2.03.